The van der Waals surface area contributed by atoms with Crippen molar-refractivity contribution in [1.82, 2.24) is 15.3 Å². The van der Waals surface area contributed by atoms with E-state index in [2.05, 4.69) is 15.3 Å². The summed E-state index contributed by atoms with van der Waals surface area (Å²) in [4.78, 5) is 19.6. The van der Waals surface area contributed by atoms with Crippen LogP contribution in [-0.2, 0) is 9.53 Å². The van der Waals surface area contributed by atoms with E-state index in [0.29, 0.717) is 25.0 Å². The van der Waals surface area contributed by atoms with Crippen molar-refractivity contribution in [1.29, 1.82) is 0 Å². The van der Waals surface area contributed by atoms with Gasteiger partial charge in [0.15, 0.2) is 0 Å². The average molecular weight is 387 g/mol. The van der Waals surface area contributed by atoms with Crippen molar-refractivity contribution in [3.8, 4) is 17.1 Å². The first-order valence-electron chi connectivity index (χ1n) is 9.51. The lowest BCUT2D eigenvalue weighted by Gasteiger charge is -2.35. The summed E-state index contributed by atoms with van der Waals surface area (Å²) in [6, 6.07) is 6.24. The highest BCUT2D eigenvalue weighted by Gasteiger charge is 2.31. The van der Waals surface area contributed by atoms with Crippen LogP contribution in [0.4, 0.5) is 4.39 Å². The highest BCUT2D eigenvalue weighted by Crippen LogP contribution is 2.32. The number of aromatic nitrogens is 2. The summed E-state index contributed by atoms with van der Waals surface area (Å²) in [5.74, 6) is 0.652. The standard InChI is InChI=1S/C21H26FN3O3/c1-13(25-15(3)26)10-27-19-8-16(9-19)11-28-21-14(2)20(23-12-24-21)17-4-6-18(22)7-5-17/h4-7,12-13,16,19H,8-11H2,1-3H3,(H,25,26)/t13-,16?,19?/m0/s1. The van der Waals surface area contributed by atoms with Crippen LogP contribution in [0.25, 0.3) is 11.3 Å². The van der Waals surface area contributed by atoms with Gasteiger partial charge in [0.2, 0.25) is 11.8 Å². The van der Waals surface area contributed by atoms with Gasteiger partial charge in [0.05, 0.1) is 25.0 Å². The van der Waals surface area contributed by atoms with E-state index in [0.717, 1.165) is 29.7 Å². The summed E-state index contributed by atoms with van der Waals surface area (Å²) < 4.78 is 24.9. The Kier molecular flexibility index (Phi) is 6.57. The summed E-state index contributed by atoms with van der Waals surface area (Å²) in [6.45, 7) is 6.43. The first kappa shape index (κ1) is 20.2. The van der Waals surface area contributed by atoms with Crippen molar-refractivity contribution in [2.75, 3.05) is 13.2 Å². The zero-order valence-electron chi connectivity index (χ0n) is 16.4. The van der Waals surface area contributed by atoms with E-state index in [9.17, 15) is 9.18 Å². The van der Waals surface area contributed by atoms with Gasteiger partial charge in [0, 0.05) is 24.1 Å². The van der Waals surface area contributed by atoms with E-state index in [4.69, 9.17) is 9.47 Å². The molecule has 7 heteroatoms. The molecule has 150 valence electrons. The van der Waals surface area contributed by atoms with Gasteiger partial charge in [-0.3, -0.25) is 4.79 Å². The lowest BCUT2D eigenvalue weighted by atomic mass is 9.83. The van der Waals surface area contributed by atoms with Crippen LogP contribution in [0.15, 0.2) is 30.6 Å². The van der Waals surface area contributed by atoms with Crippen LogP contribution < -0.4 is 10.1 Å². The third-order valence-corrected chi connectivity index (χ3v) is 4.84. The van der Waals surface area contributed by atoms with Gasteiger partial charge < -0.3 is 14.8 Å². The maximum atomic E-state index is 13.1. The van der Waals surface area contributed by atoms with Gasteiger partial charge in [-0.05, 0) is 56.9 Å². The fourth-order valence-electron chi connectivity index (χ4n) is 3.29. The third-order valence-electron chi connectivity index (χ3n) is 4.84. The minimum Gasteiger partial charge on any atom is -0.477 e. The molecule has 1 amide bonds. The van der Waals surface area contributed by atoms with Crippen LogP contribution in [0.3, 0.4) is 0 Å². The molecule has 2 aromatic rings. The predicted molar refractivity (Wildman–Crippen MR) is 103 cm³/mol. The number of ether oxygens (including phenoxy) is 2. The molecule has 0 bridgehead atoms. The van der Waals surface area contributed by atoms with E-state index in [1.165, 1.54) is 25.4 Å². The molecule has 0 saturated heterocycles. The molecule has 6 nitrogen and oxygen atoms in total. The smallest absolute Gasteiger partial charge is 0.219 e. The van der Waals surface area contributed by atoms with Crippen LogP contribution in [0.2, 0.25) is 0 Å². The molecule has 1 heterocycles. The minimum absolute atomic E-state index is 0.0151. The highest BCUT2D eigenvalue weighted by molar-refractivity contribution is 5.73. The molecule has 1 aromatic carbocycles. The predicted octanol–water partition coefficient (Wildman–Crippen LogP) is 3.29. The molecule has 1 N–H and O–H groups in total. The molecule has 0 spiro atoms. The molecular weight excluding hydrogens is 361 g/mol. The summed E-state index contributed by atoms with van der Waals surface area (Å²) in [6.07, 6.45) is 3.55. The van der Waals surface area contributed by atoms with Crippen molar-refractivity contribution >= 4 is 5.91 Å². The number of amides is 1. The maximum absolute atomic E-state index is 13.1. The Balaban J connectivity index is 1.47. The maximum Gasteiger partial charge on any atom is 0.219 e. The second-order valence-electron chi connectivity index (χ2n) is 7.36. The number of hydrogen-bond acceptors (Lipinski definition) is 5. The summed E-state index contributed by atoms with van der Waals surface area (Å²) in [7, 11) is 0. The van der Waals surface area contributed by atoms with Crippen molar-refractivity contribution in [3.05, 3.63) is 42.0 Å². The zero-order valence-corrected chi connectivity index (χ0v) is 16.4. The van der Waals surface area contributed by atoms with Crippen LogP contribution in [0, 0.1) is 18.7 Å². The number of halogens is 1. The summed E-state index contributed by atoms with van der Waals surface area (Å²) in [5, 5.41) is 2.81. The van der Waals surface area contributed by atoms with E-state index < -0.39 is 0 Å². The lowest BCUT2D eigenvalue weighted by Crippen LogP contribution is -2.40. The molecule has 0 radical (unpaired) electrons. The third kappa shape index (κ3) is 5.25. The second kappa shape index (κ2) is 9.10. The largest absolute Gasteiger partial charge is 0.477 e. The molecule has 1 aliphatic carbocycles. The molecule has 0 aliphatic heterocycles. The lowest BCUT2D eigenvalue weighted by molar-refractivity contribution is -0.120. The van der Waals surface area contributed by atoms with Gasteiger partial charge >= 0.3 is 0 Å². The topological polar surface area (TPSA) is 73.3 Å². The fraction of sp³-hybridized carbons (Fsp3) is 0.476. The van der Waals surface area contributed by atoms with Crippen molar-refractivity contribution in [2.45, 2.75) is 45.8 Å². The molecular formula is C21H26FN3O3. The van der Waals surface area contributed by atoms with Crippen LogP contribution >= 0.6 is 0 Å². The van der Waals surface area contributed by atoms with Crippen LogP contribution in [0.1, 0.15) is 32.3 Å². The molecule has 1 atom stereocenters. The second-order valence-corrected chi connectivity index (χ2v) is 7.36. The normalized spacial score (nSPS) is 19.6. The van der Waals surface area contributed by atoms with Crippen LogP contribution in [0.5, 0.6) is 5.88 Å². The highest BCUT2D eigenvalue weighted by atomic mass is 19.1. The van der Waals surface area contributed by atoms with Crippen molar-refractivity contribution < 1.29 is 18.7 Å². The van der Waals surface area contributed by atoms with Gasteiger partial charge in [-0.25, -0.2) is 14.4 Å². The summed E-state index contributed by atoms with van der Waals surface area (Å²) >= 11 is 0. The number of nitrogens with zero attached hydrogens (tertiary/aromatic N) is 2. The Morgan fingerprint density at radius 3 is 2.68 bits per heavy atom. The van der Waals surface area contributed by atoms with E-state index in [-0.39, 0.29) is 23.9 Å². The zero-order chi connectivity index (χ0) is 20.1. The summed E-state index contributed by atoms with van der Waals surface area (Å²) in [5.41, 5.74) is 2.41. The van der Waals surface area contributed by atoms with Gasteiger partial charge in [-0.2, -0.15) is 0 Å². The fourth-order valence-corrected chi connectivity index (χ4v) is 3.29. The Bertz CT molecular complexity index is 807. The first-order chi connectivity index (χ1) is 13.4. The van der Waals surface area contributed by atoms with Crippen LogP contribution in [-0.4, -0.2) is 41.2 Å². The van der Waals surface area contributed by atoms with Gasteiger partial charge in [0.1, 0.15) is 12.1 Å². The Morgan fingerprint density at radius 1 is 1.29 bits per heavy atom. The quantitative estimate of drug-likeness (QED) is 0.752. The number of rotatable bonds is 8. The minimum atomic E-state index is -0.278. The number of nitrogens with one attached hydrogen (secondary N) is 1. The SMILES string of the molecule is CC(=O)N[C@@H](C)COC1CC(COc2ncnc(-c3ccc(F)cc3)c2C)C1. The molecule has 28 heavy (non-hydrogen) atoms. The van der Waals surface area contributed by atoms with Gasteiger partial charge in [-0.1, -0.05) is 0 Å². The molecule has 1 aliphatic rings. The number of benzene rings is 1. The van der Waals surface area contributed by atoms with Gasteiger partial charge in [-0.15, -0.1) is 0 Å². The van der Waals surface area contributed by atoms with Gasteiger partial charge in [0.25, 0.3) is 0 Å². The van der Waals surface area contributed by atoms with E-state index in [1.54, 1.807) is 12.1 Å². The molecule has 1 aromatic heterocycles. The molecule has 1 saturated carbocycles. The van der Waals surface area contributed by atoms with E-state index >= 15 is 0 Å². The monoisotopic (exact) mass is 387 g/mol. The average Bonchev–Trinajstić information content (AvgIpc) is 2.61. The molecule has 3 rings (SSSR count). The van der Waals surface area contributed by atoms with Crippen molar-refractivity contribution in [3.63, 3.8) is 0 Å². The first-order valence-corrected chi connectivity index (χ1v) is 9.51. The Morgan fingerprint density at radius 2 is 2.00 bits per heavy atom. The molecule has 0 unspecified atom stereocenters. The number of hydrogen-bond donors (Lipinski definition) is 1. The molecule has 1 fully saturated rings. The van der Waals surface area contributed by atoms with Crippen molar-refractivity contribution in [2.24, 2.45) is 5.92 Å². The number of carbonyl (C=O) groups is 1. The Labute approximate surface area is 164 Å². The number of carbonyl (C=O) groups excluding carboxylic acids is 1. The Hall–Kier alpha value is -2.54. The van der Waals surface area contributed by atoms with E-state index in [1.807, 2.05) is 13.8 Å².